The fourth-order valence-electron chi connectivity index (χ4n) is 5.58. The summed E-state index contributed by atoms with van der Waals surface area (Å²) < 4.78 is 8.40. The minimum absolute atomic E-state index is 0.183. The fourth-order valence-corrected chi connectivity index (χ4v) is 5.58. The van der Waals surface area contributed by atoms with Gasteiger partial charge in [0.05, 0.1) is 5.60 Å². The zero-order chi connectivity index (χ0) is 23.0. The molecule has 1 N–H and O–H groups in total. The number of carbonyl (C=O) groups excluding carboxylic acids is 1. The van der Waals surface area contributed by atoms with E-state index in [9.17, 15) is 4.79 Å². The van der Waals surface area contributed by atoms with Crippen LogP contribution in [0.2, 0.25) is 0 Å². The van der Waals surface area contributed by atoms with E-state index >= 15 is 0 Å². The van der Waals surface area contributed by atoms with Crippen LogP contribution in [0.3, 0.4) is 0 Å². The molecule has 1 unspecified atom stereocenters. The van der Waals surface area contributed by atoms with Gasteiger partial charge in [-0.2, -0.15) is 0 Å². The smallest absolute Gasteiger partial charge is 0.253 e. The third-order valence-electron chi connectivity index (χ3n) is 7.68. The highest BCUT2D eigenvalue weighted by molar-refractivity contribution is 5.99. The van der Waals surface area contributed by atoms with Crippen LogP contribution in [0.1, 0.15) is 61.6 Å². The van der Waals surface area contributed by atoms with Crippen LogP contribution < -0.4 is 5.32 Å². The van der Waals surface area contributed by atoms with Crippen LogP contribution in [-0.2, 0) is 24.2 Å². The molecular formula is C28H37N3O2. The first-order valence-corrected chi connectivity index (χ1v) is 12.6. The first-order chi connectivity index (χ1) is 16.0. The molecule has 1 aromatic carbocycles. The van der Waals surface area contributed by atoms with Gasteiger partial charge in [-0.15, -0.1) is 0 Å². The number of carbonyl (C=O) groups is 1. The summed E-state index contributed by atoms with van der Waals surface area (Å²) in [5, 5.41) is 4.77. The lowest BCUT2D eigenvalue weighted by atomic mass is 9.93. The van der Waals surface area contributed by atoms with Crippen LogP contribution in [0.5, 0.6) is 0 Å². The molecular weight excluding hydrogens is 410 g/mol. The minimum atomic E-state index is -0.193. The summed E-state index contributed by atoms with van der Waals surface area (Å²) in [6.07, 6.45) is 10.9. The number of fused-ring (bicyclic) bond motifs is 3. The van der Waals surface area contributed by atoms with Gasteiger partial charge >= 0.3 is 0 Å². The van der Waals surface area contributed by atoms with Crippen molar-refractivity contribution in [1.29, 1.82) is 0 Å². The van der Waals surface area contributed by atoms with E-state index in [0.29, 0.717) is 0 Å². The van der Waals surface area contributed by atoms with E-state index in [2.05, 4.69) is 61.0 Å². The van der Waals surface area contributed by atoms with Crippen molar-refractivity contribution >= 4 is 16.8 Å². The van der Waals surface area contributed by atoms with E-state index in [4.69, 9.17) is 4.74 Å². The van der Waals surface area contributed by atoms with Crippen molar-refractivity contribution in [2.75, 3.05) is 26.2 Å². The Bertz CT molecular complexity index is 1100. The van der Waals surface area contributed by atoms with Gasteiger partial charge in [-0.05, 0) is 68.4 Å². The molecule has 1 fully saturated rings. The van der Waals surface area contributed by atoms with Crippen molar-refractivity contribution in [3.63, 3.8) is 0 Å². The van der Waals surface area contributed by atoms with Crippen molar-refractivity contribution in [3.8, 4) is 0 Å². The van der Waals surface area contributed by atoms with Gasteiger partial charge < -0.3 is 19.5 Å². The van der Waals surface area contributed by atoms with Gasteiger partial charge in [0.2, 0.25) is 0 Å². The highest BCUT2D eigenvalue weighted by Gasteiger charge is 2.26. The molecule has 0 spiro atoms. The number of nitrogens with zero attached hydrogens (tertiary/aromatic N) is 2. The maximum Gasteiger partial charge on any atom is 0.253 e. The highest BCUT2D eigenvalue weighted by atomic mass is 16.5. The molecule has 0 radical (unpaired) electrons. The van der Waals surface area contributed by atoms with Crippen molar-refractivity contribution in [2.24, 2.45) is 5.92 Å². The molecule has 0 saturated carbocycles. The molecule has 3 aliphatic rings. The summed E-state index contributed by atoms with van der Waals surface area (Å²) in [7, 11) is 0. The molecule has 5 heteroatoms. The first kappa shape index (κ1) is 22.4. The average Bonchev–Trinajstić information content (AvgIpc) is 3.14. The zero-order valence-corrected chi connectivity index (χ0v) is 20.3. The number of nitrogens with one attached hydrogen (secondary N) is 1. The summed E-state index contributed by atoms with van der Waals surface area (Å²) in [5.74, 6) is 0.903. The topological polar surface area (TPSA) is 46.5 Å². The van der Waals surface area contributed by atoms with Crippen molar-refractivity contribution < 1.29 is 9.53 Å². The molecule has 1 saturated heterocycles. The van der Waals surface area contributed by atoms with Gasteiger partial charge in [-0.3, -0.25) is 4.79 Å². The number of ether oxygens (including phenoxy) is 1. The molecule has 1 atom stereocenters. The van der Waals surface area contributed by atoms with Crippen LogP contribution in [0.15, 0.2) is 42.0 Å². The number of rotatable bonds is 5. The molecule has 1 aromatic heterocycles. The Morgan fingerprint density at radius 2 is 2.09 bits per heavy atom. The van der Waals surface area contributed by atoms with Gasteiger partial charge in [-0.1, -0.05) is 25.2 Å². The summed E-state index contributed by atoms with van der Waals surface area (Å²) in [5.41, 5.74) is 5.96. The van der Waals surface area contributed by atoms with Gasteiger partial charge in [0, 0.05) is 67.9 Å². The lowest BCUT2D eigenvalue weighted by molar-refractivity contribution is 0.0150. The minimum Gasteiger partial charge on any atom is -0.371 e. The van der Waals surface area contributed by atoms with E-state index in [0.717, 1.165) is 76.5 Å². The van der Waals surface area contributed by atoms with E-state index in [1.165, 1.54) is 27.7 Å². The normalized spacial score (nSPS) is 23.6. The summed E-state index contributed by atoms with van der Waals surface area (Å²) >= 11 is 0. The number of hydrogen-bond donors (Lipinski definition) is 1. The number of benzene rings is 1. The summed E-state index contributed by atoms with van der Waals surface area (Å²) in [6.45, 7) is 11.7. The Kier molecular flexibility index (Phi) is 6.19. The zero-order valence-electron chi connectivity index (χ0n) is 20.3. The first-order valence-electron chi connectivity index (χ1n) is 12.6. The number of hydrogen-bond acceptors (Lipinski definition) is 3. The second-order valence-electron chi connectivity index (χ2n) is 10.2. The molecule has 0 bridgehead atoms. The maximum absolute atomic E-state index is 13.2. The van der Waals surface area contributed by atoms with Crippen LogP contribution in [0, 0.1) is 5.92 Å². The Labute approximate surface area is 197 Å². The highest BCUT2D eigenvalue weighted by Crippen LogP contribution is 2.32. The third kappa shape index (κ3) is 4.41. The monoisotopic (exact) mass is 447 g/mol. The molecule has 2 aliphatic heterocycles. The predicted octanol–water partition coefficient (Wildman–Crippen LogP) is 4.84. The molecule has 2 aromatic rings. The van der Waals surface area contributed by atoms with E-state index in [-0.39, 0.29) is 11.5 Å². The molecule has 176 valence electrons. The summed E-state index contributed by atoms with van der Waals surface area (Å²) in [4.78, 5) is 15.3. The molecule has 1 aliphatic carbocycles. The van der Waals surface area contributed by atoms with Crippen molar-refractivity contribution in [3.05, 3.63) is 58.8 Å². The standard InChI is InChI=1S/C28H37N3O2/c1-4-33-28(3)12-7-21(8-13-28)19-31-25-6-5-22(27(32)30-15-10-20(2)11-16-30)17-23(25)24-18-29-14-9-26(24)31/h5-8,12,17,20,29H,4,9-11,13-16,18-19H2,1-3H3. The van der Waals surface area contributed by atoms with Gasteiger partial charge in [0.1, 0.15) is 0 Å². The van der Waals surface area contributed by atoms with E-state index in [1.807, 2.05) is 11.0 Å². The number of allylic oxidation sites excluding steroid dienone is 2. The van der Waals surface area contributed by atoms with Crippen LogP contribution in [-0.4, -0.2) is 47.2 Å². The largest absolute Gasteiger partial charge is 0.371 e. The Hall–Kier alpha value is -2.37. The average molecular weight is 448 g/mol. The quantitative estimate of drug-likeness (QED) is 0.713. The van der Waals surface area contributed by atoms with Crippen molar-refractivity contribution in [1.82, 2.24) is 14.8 Å². The summed E-state index contributed by atoms with van der Waals surface area (Å²) in [6, 6.07) is 6.36. The third-order valence-corrected chi connectivity index (χ3v) is 7.68. The Balaban J connectivity index is 1.45. The lowest BCUT2D eigenvalue weighted by Crippen LogP contribution is -2.37. The second-order valence-corrected chi connectivity index (χ2v) is 10.2. The van der Waals surface area contributed by atoms with Crippen molar-refractivity contribution in [2.45, 2.75) is 65.1 Å². The Morgan fingerprint density at radius 1 is 1.27 bits per heavy atom. The van der Waals surface area contributed by atoms with Crippen LogP contribution in [0.25, 0.3) is 10.9 Å². The number of likely N-dealkylation sites (tertiary alicyclic amines) is 1. The van der Waals surface area contributed by atoms with Crippen LogP contribution in [0.4, 0.5) is 0 Å². The van der Waals surface area contributed by atoms with E-state index in [1.54, 1.807) is 0 Å². The maximum atomic E-state index is 13.2. The second kappa shape index (κ2) is 9.11. The number of piperidine rings is 1. The van der Waals surface area contributed by atoms with Gasteiger partial charge in [0.15, 0.2) is 0 Å². The van der Waals surface area contributed by atoms with E-state index < -0.39 is 0 Å². The Morgan fingerprint density at radius 3 is 2.82 bits per heavy atom. The molecule has 3 heterocycles. The lowest BCUT2D eigenvalue weighted by Gasteiger charge is -2.30. The van der Waals surface area contributed by atoms with Gasteiger partial charge in [0.25, 0.3) is 5.91 Å². The fraction of sp³-hybridized carbons (Fsp3) is 0.536. The predicted molar refractivity (Wildman–Crippen MR) is 134 cm³/mol. The molecule has 1 amide bonds. The molecule has 5 rings (SSSR count). The molecule has 33 heavy (non-hydrogen) atoms. The van der Waals surface area contributed by atoms with Crippen LogP contribution >= 0.6 is 0 Å². The number of amides is 1. The SMILES string of the molecule is CCOC1(C)C=CC(Cn2c3c(c4cc(C(=O)N5CCC(C)CC5)ccc42)CNCC3)=CC1. The molecule has 5 nitrogen and oxygen atoms in total. The number of aromatic nitrogens is 1. The van der Waals surface area contributed by atoms with Gasteiger partial charge in [-0.25, -0.2) is 0 Å².